The quantitative estimate of drug-likeness (QED) is 0.894. The lowest BCUT2D eigenvalue weighted by molar-refractivity contribution is -0.120. The zero-order chi connectivity index (χ0) is 13.3. The smallest absolute Gasteiger partial charge is 0.133 e. The number of hydrogen-bond acceptors (Lipinski definition) is 2. The van der Waals surface area contributed by atoms with Crippen molar-refractivity contribution in [1.29, 1.82) is 5.26 Å². The molecule has 2 unspecified atom stereocenters. The number of carbonyl (C=O) groups excluding carboxylic acids is 1. The van der Waals surface area contributed by atoms with Crippen LogP contribution >= 0.6 is 0 Å². The normalized spacial score (nSPS) is 14.1. The van der Waals surface area contributed by atoms with Crippen LogP contribution in [0, 0.1) is 17.2 Å². The fourth-order valence-electron chi connectivity index (χ4n) is 2.21. The van der Waals surface area contributed by atoms with E-state index in [0.717, 1.165) is 16.5 Å². The van der Waals surface area contributed by atoms with Gasteiger partial charge in [-0.25, -0.2) is 0 Å². The Balaban J connectivity index is 2.51. The first kappa shape index (κ1) is 12.4. The van der Waals surface area contributed by atoms with Gasteiger partial charge in [0.2, 0.25) is 0 Å². The van der Waals surface area contributed by atoms with Crippen molar-refractivity contribution in [2.24, 2.45) is 5.92 Å². The number of carbonyl (C=O) groups is 1. The molecular formula is C15H16N2O. The van der Waals surface area contributed by atoms with Crippen molar-refractivity contribution in [2.75, 3.05) is 0 Å². The van der Waals surface area contributed by atoms with Gasteiger partial charge in [-0.3, -0.25) is 4.79 Å². The topological polar surface area (TPSA) is 56.6 Å². The maximum Gasteiger partial charge on any atom is 0.133 e. The molecule has 3 heteroatoms. The molecule has 2 rings (SSSR count). The molecule has 92 valence electrons. The van der Waals surface area contributed by atoms with Gasteiger partial charge in [-0.05, 0) is 36.6 Å². The summed E-state index contributed by atoms with van der Waals surface area (Å²) < 4.78 is 0. The number of aromatic nitrogens is 1. The number of H-pyrrole nitrogens is 1. The average Bonchev–Trinajstić information content (AvgIpc) is 2.79. The SMILES string of the molecule is CC(=O)C(C)C(C)c1c[nH]c2ccc(C#N)cc12. The number of nitrogens with zero attached hydrogens (tertiary/aromatic N) is 1. The van der Waals surface area contributed by atoms with Crippen molar-refractivity contribution in [3.8, 4) is 6.07 Å². The molecule has 1 aromatic heterocycles. The van der Waals surface area contributed by atoms with Gasteiger partial charge < -0.3 is 4.98 Å². The van der Waals surface area contributed by atoms with Crippen LogP contribution in [0.2, 0.25) is 0 Å². The molecule has 2 atom stereocenters. The number of nitrogens with one attached hydrogen (secondary N) is 1. The Morgan fingerprint density at radius 2 is 2.11 bits per heavy atom. The Morgan fingerprint density at radius 1 is 1.39 bits per heavy atom. The summed E-state index contributed by atoms with van der Waals surface area (Å²) in [5.74, 6) is 0.313. The second-order valence-electron chi connectivity index (χ2n) is 4.80. The lowest BCUT2D eigenvalue weighted by atomic mass is 9.86. The highest BCUT2D eigenvalue weighted by Crippen LogP contribution is 2.31. The third-order valence-electron chi connectivity index (χ3n) is 3.72. The number of Topliss-reactive ketones (excluding diaryl/α,β-unsaturated/α-hetero) is 1. The summed E-state index contributed by atoms with van der Waals surface area (Å²) >= 11 is 0. The largest absolute Gasteiger partial charge is 0.361 e. The monoisotopic (exact) mass is 240 g/mol. The minimum atomic E-state index is -0.0188. The van der Waals surface area contributed by atoms with E-state index in [2.05, 4.69) is 11.1 Å². The molecule has 3 nitrogen and oxygen atoms in total. The lowest BCUT2D eigenvalue weighted by Gasteiger charge is -2.16. The van der Waals surface area contributed by atoms with Crippen LogP contribution in [0.25, 0.3) is 10.9 Å². The molecule has 0 aliphatic carbocycles. The highest BCUT2D eigenvalue weighted by molar-refractivity contribution is 5.86. The number of fused-ring (bicyclic) bond motifs is 1. The summed E-state index contributed by atoms with van der Waals surface area (Å²) in [6.45, 7) is 5.62. The third kappa shape index (κ3) is 2.02. The van der Waals surface area contributed by atoms with Crippen molar-refractivity contribution in [1.82, 2.24) is 4.98 Å². The molecule has 1 N–H and O–H groups in total. The minimum absolute atomic E-state index is 0.0188. The first-order valence-electron chi connectivity index (χ1n) is 6.06. The highest BCUT2D eigenvalue weighted by atomic mass is 16.1. The number of benzene rings is 1. The lowest BCUT2D eigenvalue weighted by Crippen LogP contribution is -2.14. The maximum absolute atomic E-state index is 11.5. The van der Waals surface area contributed by atoms with Crippen LogP contribution in [-0.2, 0) is 4.79 Å². The molecular weight excluding hydrogens is 224 g/mol. The number of hydrogen-bond donors (Lipinski definition) is 1. The molecule has 2 aromatic rings. The summed E-state index contributed by atoms with van der Waals surface area (Å²) in [5, 5.41) is 9.98. The second-order valence-corrected chi connectivity index (χ2v) is 4.80. The molecule has 0 aliphatic heterocycles. The van der Waals surface area contributed by atoms with Gasteiger partial charge in [-0.15, -0.1) is 0 Å². The number of nitriles is 1. The van der Waals surface area contributed by atoms with Crippen LogP contribution in [0.1, 0.15) is 37.8 Å². The molecule has 0 saturated carbocycles. The van der Waals surface area contributed by atoms with Gasteiger partial charge in [0.1, 0.15) is 5.78 Å². The highest BCUT2D eigenvalue weighted by Gasteiger charge is 2.21. The van der Waals surface area contributed by atoms with Crippen molar-refractivity contribution in [2.45, 2.75) is 26.7 Å². The fourth-order valence-corrected chi connectivity index (χ4v) is 2.21. The zero-order valence-electron chi connectivity index (χ0n) is 10.8. The van der Waals surface area contributed by atoms with Gasteiger partial charge in [0.25, 0.3) is 0 Å². The van der Waals surface area contributed by atoms with E-state index in [9.17, 15) is 4.79 Å². The number of ketones is 1. The molecule has 1 heterocycles. The minimum Gasteiger partial charge on any atom is -0.361 e. The predicted octanol–water partition coefficient (Wildman–Crippen LogP) is 3.37. The Morgan fingerprint density at radius 3 is 2.72 bits per heavy atom. The Bertz CT molecular complexity index is 633. The second kappa shape index (κ2) is 4.66. The van der Waals surface area contributed by atoms with Gasteiger partial charge in [-0.1, -0.05) is 13.8 Å². The van der Waals surface area contributed by atoms with E-state index in [1.54, 1.807) is 13.0 Å². The molecule has 0 bridgehead atoms. The van der Waals surface area contributed by atoms with E-state index < -0.39 is 0 Å². The van der Waals surface area contributed by atoms with Gasteiger partial charge in [0, 0.05) is 23.0 Å². The van der Waals surface area contributed by atoms with Crippen molar-refractivity contribution in [3.63, 3.8) is 0 Å². The average molecular weight is 240 g/mol. The van der Waals surface area contributed by atoms with E-state index in [0.29, 0.717) is 5.56 Å². The molecule has 18 heavy (non-hydrogen) atoms. The molecule has 0 spiro atoms. The van der Waals surface area contributed by atoms with Crippen LogP contribution < -0.4 is 0 Å². The third-order valence-corrected chi connectivity index (χ3v) is 3.72. The molecule has 0 fully saturated rings. The van der Waals surface area contributed by atoms with Crippen LogP contribution in [0.3, 0.4) is 0 Å². The standard InChI is InChI=1S/C15H16N2O/c1-9(11(3)18)10(2)14-8-17-15-5-4-12(7-16)6-13(14)15/h4-6,8-10,17H,1-3H3. The van der Waals surface area contributed by atoms with E-state index in [-0.39, 0.29) is 17.6 Å². The van der Waals surface area contributed by atoms with Gasteiger partial charge >= 0.3 is 0 Å². The first-order chi connectivity index (χ1) is 8.54. The van der Waals surface area contributed by atoms with Crippen LogP contribution in [0.15, 0.2) is 24.4 Å². The fraction of sp³-hybridized carbons (Fsp3) is 0.333. The Kier molecular flexibility index (Phi) is 3.20. The van der Waals surface area contributed by atoms with Crippen molar-refractivity contribution >= 4 is 16.7 Å². The van der Waals surface area contributed by atoms with Crippen molar-refractivity contribution in [3.05, 3.63) is 35.5 Å². The summed E-state index contributed by atoms with van der Waals surface area (Å²) in [7, 11) is 0. The number of aromatic amines is 1. The van der Waals surface area contributed by atoms with E-state index in [4.69, 9.17) is 5.26 Å². The van der Waals surface area contributed by atoms with Crippen LogP contribution in [0.5, 0.6) is 0 Å². The predicted molar refractivity (Wildman–Crippen MR) is 71.3 cm³/mol. The summed E-state index contributed by atoms with van der Waals surface area (Å²) in [6.07, 6.45) is 1.94. The van der Waals surface area contributed by atoms with Gasteiger partial charge in [0.15, 0.2) is 0 Å². The summed E-state index contributed by atoms with van der Waals surface area (Å²) in [6, 6.07) is 7.72. The number of rotatable bonds is 3. The molecule has 0 saturated heterocycles. The van der Waals surface area contributed by atoms with E-state index in [1.807, 2.05) is 32.2 Å². The molecule has 0 aliphatic rings. The van der Waals surface area contributed by atoms with Gasteiger partial charge in [0.05, 0.1) is 11.6 Å². The zero-order valence-corrected chi connectivity index (χ0v) is 10.8. The molecule has 1 aromatic carbocycles. The molecule has 0 radical (unpaired) electrons. The van der Waals surface area contributed by atoms with Crippen molar-refractivity contribution < 1.29 is 4.79 Å². The summed E-state index contributed by atoms with van der Waals surface area (Å²) in [5.41, 5.74) is 2.75. The summed E-state index contributed by atoms with van der Waals surface area (Å²) in [4.78, 5) is 14.7. The first-order valence-corrected chi connectivity index (χ1v) is 6.06. The molecule has 0 amide bonds. The van der Waals surface area contributed by atoms with Crippen LogP contribution in [-0.4, -0.2) is 10.8 Å². The van der Waals surface area contributed by atoms with Gasteiger partial charge in [-0.2, -0.15) is 5.26 Å². The Labute approximate surface area is 106 Å². The maximum atomic E-state index is 11.5. The van der Waals surface area contributed by atoms with E-state index >= 15 is 0 Å². The van der Waals surface area contributed by atoms with Crippen LogP contribution in [0.4, 0.5) is 0 Å². The Hall–Kier alpha value is -2.08. The van der Waals surface area contributed by atoms with E-state index in [1.165, 1.54) is 0 Å².